The number of hydrazine groups is 1. The summed E-state index contributed by atoms with van der Waals surface area (Å²) < 4.78 is 26.4. The summed E-state index contributed by atoms with van der Waals surface area (Å²) in [6, 6.07) is 28.4. The first kappa shape index (κ1) is 33.2. The lowest BCUT2D eigenvalue weighted by molar-refractivity contribution is -0.129. The van der Waals surface area contributed by atoms with Crippen LogP contribution in [-0.2, 0) is 16.0 Å². The molecule has 1 amide bonds. The van der Waals surface area contributed by atoms with Crippen LogP contribution in [0.5, 0.6) is 5.75 Å². The number of benzene rings is 4. The number of aliphatic hydroxyl groups is 1. The molecule has 0 saturated heterocycles. The Kier molecular flexibility index (Phi) is 11.4. The molecule has 0 aliphatic carbocycles. The van der Waals surface area contributed by atoms with E-state index in [0.29, 0.717) is 51.9 Å². The van der Waals surface area contributed by atoms with Crippen molar-refractivity contribution in [3.63, 3.8) is 0 Å². The van der Waals surface area contributed by atoms with Crippen LogP contribution in [0.3, 0.4) is 0 Å². The lowest BCUT2D eigenvalue weighted by Gasteiger charge is -2.30. The van der Waals surface area contributed by atoms with Crippen LogP contribution in [0.15, 0.2) is 108 Å². The lowest BCUT2D eigenvalue weighted by atomic mass is 9.84. The standard InChI is InChI=1S/C36H34Cl2FN3O4/c37-28-15-18-30(31(38)24-28)33-36(20-6-10-25-8-2-1-3-9-25,35(44)42-40-21-19-26-11-4-5-12-32(26)39)41-34(46-33)27-13-16-29(17-14-27)45-23-7-22-43/h1-6,8-18,24,33,40,43H,7,19-23H2,(H,42,44)/b10-6+/t33-,36-/m0/s1. The minimum Gasteiger partial charge on any atom is -0.494 e. The molecule has 238 valence electrons. The third kappa shape index (κ3) is 8.13. The van der Waals surface area contributed by atoms with Crippen LogP contribution in [-0.4, -0.2) is 42.2 Å². The van der Waals surface area contributed by atoms with Crippen molar-refractivity contribution in [3.8, 4) is 5.75 Å². The fraction of sp³-hybridized carbons (Fsp3) is 0.222. The van der Waals surface area contributed by atoms with Gasteiger partial charge < -0.3 is 14.6 Å². The van der Waals surface area contributed by atoms with E-state index in [1.807, 2.05) is 42.5 Å². The van der Waals surface area contributed by atoms with Crippen LogP contribution >= 0.6 is 23.2 Å². The van der Waals surface area contributed by atoms with Gasteiger partial charge >= 0.3 is 0 Å². The molecule has 0 bridgehead atoms. The van der Waals surface area contributed by atoms with Gasteiger partial charge in [0.1, 0.15) is 11.6 Å². The van der Waals surface area contributed by atoms with E-state index in [-0.39, 0.29) is 31.3 Å². The van der Waals surface area contributed by atoms with E-state index in [0.717, 1.165) is 5.56 Å². The molecule has 1 heterocycles. The first-order valence-electron chi connectivity index (χ1n) is 14.9. The van der Waals surface area contributed by atoms with Crippen LogP contribution in [0.4, 0.5) is 4.39 Å². The Morgan fingerprint density at radius 3 is 2.52 bits per heavy atom. The number of aliphatic imine (C=N–C) groups is 1. The van der Waals surface area contributed by atoms with Gasteiger partial charge in [0, 0.05) is 47.2 Å². The predicted molar refractivity (Wildman–Crippen MR) is 180 cm³/mol. The third-order valence-corrected chi connectivity index (χ3v) is 8.06. The smallest absolute Gasteiger partial charge is 0.266 e. The Labute approximate surface area is 277 Å². The van der Waals surface area contributed by atoms with Crippen molar-refractivity contribution in [2.45, 2.75) is 30.9 Å². The van der Waals surface area contributed by atoms with Crippen LogP contribution in [0.1, 0.15) is 41.2 Å². The quantitative estimate of drug-likeness (QED) is 0.0989. The summed E-state index contributed by atoms with van der Waals surface area (Å²) in [5.41, 5.74) is 6.94. The van der Waals surface area contributed by atoms with Gasteiger partial charge in [-0.25, -0.2) is 14.8 Å². The molecule has 5 rings (SSSR count). The number of hydrogen-bond donors (Lipinski definition) is 3. The molecule has 0 spiro atoms. The number of amides is 1. The maximum atomic E-state index is 14.2. The number of carbonyl (C=O) groups is 1. The minimum absolute atomic E-state index is 0.0399. The fourth-order valence-electron chi connectivity index (χ4n) is 5.09. The Bertz CT molecular complexity index is 1680. The maximum absolute atomic E-state index is 14.2. The van der Waals surface area contributed by atoms with E-state index in [1.54, 1.807) is 60.7 Å². The van der Waals surface area contributed by atoms with Crippen LogP contribution in [0.2, 0.25) is 10.0 Å². The summed E-state index contributed by atoms with van der Waals surface area (Å²) in [7, 11) is 0. The summed E-state index contributed by atoms with van der Waals surface area (Å²) in [5.74, 6) is 0.127. The zero-order valence-corrected chi connectivity index (χ0v) is 26.5. The van der Waals surface area contributed by atoms with Crippen LogP contribution in [0, 0.1) is 5.82 Å². The highest BCUT2D eigenvalue weighted by Crippen LogP contribution is 2.45. The van der Waals surface area contributed by atoms with Gasteiger partial charge in [-0.15, -0.1) is 0 Å². The molecule has 3 N–H and O–H groups in total. The number of carbonyl (C=O) groups excluding carboxylic acids is 1. The molecule has 0 saturated carbocycles. The molecule has 0 fully saturated rings. The largest absolute Gasteiger partial charge is 0.494 e. The Hall–Kier alpha value is -4.21. The van der Waals surface area contributed by atoms with Crippen molar-refractivity contribution in [2.24, 2.45) is 4.99 Å². The Morgan fingerprint density at radius 1 is 1.02 bits per heavy atom. The summed E-state index contributed by atoms with van der Waals surface area (Å²) >= 11 is 12.9. The molecule has 0 aromatic heterocycles. The molecule has 0 unspecified atom stereocenters. The maximum Gasteiger partial charge on any atom is 0.266 e. The number of halogens is 3. The second-order valence-electron chi connectivity index (χ2n) is 10.7. The van der Waals surface area contributed by atoms with Gasteiger partial charge in [0.2, 0.25) is 5.90 Å². The molecule has 2 atom stereocenters. The van der Waals surface area contributed by atoms with E-state index in [2.05, 4.69) is 10.9 Å². The van der Waals surface area contributed by atoms with E-state index in [9.17, 15) is 9.18 Å². The molecule has 46 heavy (non-hydrogen) atoms. The van der Waals surface area contributed by atoms with Gasteiger partial charge in [0.25, 0.3) is 5.91 Å². The second-order valence-corrected chi connectivity index (χ2v) is 11.5. The predicted octanol–water partition coefficient (Wildman–Crippen LogP) is 7.12. The number of nitrogens with one attached hydrogen (secondary N) is 2. The van der Waals surface area contributed by atoms with Crippen molar-refractivity contribution in [1.29, 1.82) is 0 Å². The zero-order chi connectivity index (χ0) is 32.4. The van der Waals surface area contributed by atoms with Crippen molar-refractivity contribution in [1.82, 2.24) is 10.9 Å². The Balaban J connectivity index is 1.48. The van der Waals surface area contributed by atoms with Crippen LogP contribution < -0.4 is 15.6 Å². The molecule has 7 nitrogen and oxygen atoms in total. The summed E-state index contributed by atoms with van der Waals surface area (Å²) in [4.78, 5) is 19.2. The molecule has 0 radical (unpaired) electrons. The highest BCUT2D eigenvalue weighted by Gasteiger charge is 2.53. The zero-order valence-electron chi connectivity index (χ0n) is 25.0. The van der Waals surface area contributed by atoms with E-state index >= 15 is 0 Å². The molecule has 1 aliphatic rings. The highest BCUT2D eigenvalue weighted by atomic mass is 35.5. The van der Waals surface area contributed by atoms with Gasteiger partial charge in [-0.3, -0.25) is 10.2 Å². The third-order valence-electron chi connectivity index (χ3n) is 7.49. The van der Waals surface area contributed by atoms with E-state index < -0.39 is 17.6 Å². The monoisotopic (exact) mass is 661 g/mol. The second kappa shape index (κ2) is 15.9. The van der Waals surface area contributed by atoms with E-state index in [4.69, 9.17) is 42.8 Å². The first-order chi connectivity index (χ1) is 22.4. The normalized spacial score (nSPS) is 17.5. The van der Waals surface area contributed by atoms with Crippen LogP contribution in [0.25, 0.3) is 6.08 Å². The number of rotatable bonds is 14. The molecular weight excluding hydrogens is 628 g/mol. The summed E-state index contributed by atoms with van der Waals surface area (Å²) in [6.07, 6.45) is 3.94. The lowest BCUT2D eigenvalue weighted by Crippen LogP contribution is -2.52. The van der Waals surface area contributed by atoms with Crippen molar-refractivity contribution in [2.75, 3.05) is 19.8 Å². The molecule has 1 aliphatic heterocycles. The molecule has 10 heteroatoms. The van der Waals surface area contributed by atoms with Gasteiger partial charge in [-0.2, -0.15) is 0 Å². The summed E-state index contributed by atoms with van der Waals surface area (Å²) in [6.45, 7) is 0.702. The fourth-order valence-corrected chi connectivity index (χ4v) is 5.60. The number of nitrogens with zero attached hydrogens (tertiary/aromatic N) is 1. The topological polar surface area (TPSA) is 92.2 Å². The number of hydrogen-bond acceptors (Lipinski definition) is 6. The Morgan fingerprint density at radius 2 is 1.78 bits per heavy atom. The van der Waals surface area contributed by atoms with Gasteiger partial charge in [0.05, 0.1) is 6.61 Å². The van der Waals surface area contributed by atoms with Crippen molar-refractivity contribution >= 4 is 41.1 Å². The average molecular weight is 663 g/mol. The van der Waals surface area contributed by atoms with Gasteiger partial charge in [-0.05, 0) is 60.0 Å². The number of aliphatic hydroxyl groups excluding tert-OH is 1. The molecular formula is C36H34Cl2FN3O4. The van der Waals surface area contributed by atoms with Crippen molar-refractivity contribution < 1.29 is 23.8 Å². The first-order valence-corrected chi connectivity index (χ1v) is 15.7. The average Bonchev–Trinajstić information content (AvgIpc) is 3.45. The molecule has 4 aromatic rings. The van der Waals surface area contributed by atoms with E-state index in [1.165, 1.54) is 6.07 Å². The molecule has 4 aromatic carbocycles. The number of ether oxygens (including phenoxy) is 2. The van der Waals surface area contributed by atoms with Gasteiger partial charge in [0.15, 0.2) is 11.6 Å². The van der Waals surface area contributed by atoms with Gasteiger partial charge in [-0.1, -0.05) is 90.0 Å². The highest BCUT2D eigenvalue weighted by molar-refractivity contribution is 6.35. The summed E-state index contributed by atoms with van der Waals surface area (Å²) in [5, 5.41) is 9.83. The minimum atomic E-state index is -1.49. The SMILES string of the molecule is O=C(NNCCc1ccccc1F)[C@@]1(C/C=C/c2ccccc2)N=C(c2ccc(OCCCO)cc2)O[C@H]1c1ccc(Cl)cc1Cl. The van der Waals surface area contributed by atoms with Crippen molar-refractivity contribution in [3.05, 3.63) is 141 Å².